The molecule has 0 bridgehead atoms. The Morgan fingerprint density at radius 1 is 1.33 bits per heavy atom. The molecule has 2 atom stereocenters. The average Bonchev–Trinajstić information content (AvgIpc) is 2.50. The SMILES string of the molecule is CN(CC1CCCCO1)C(C)(CN)Cc1ccc(Br)cc1. The molecule has 3 nitrogen and oxygen atoms in total. The molecule has 21 heavy (non-hydrogen) atoms. The van der Waals surface area contributed by atoms with E-state index in [1.165, 1.54) is 24.8 Å². The van der Waals surface area contributed by atoms with E-state index in [-0.39, 0.29) is 5.54 Å². The van der Waals surface area contributed by atoms with Gasteiger partial charge in [0, 0.05) is 29.7 Å². The molecule has 118 valence electrons. The topological polar surface area (TPSA) is 38.5 Å². The van der Waals surface area contributed by atoms with E-state index in [9.17, 15) is 0 Å². The Kier molecular flexibility index (Phi) is 6.23. The molecule has 1 aliphatic rings. The minimum Gasteiger partial charge on any atom is -0.377 e. The van der Waals surface area contributed by atoms with Gasteiger partial charge in [0.2, 0.25) is 0 Å². The molecular formula is C17H27BrN2O. The van der Waals surface area contributed by atoms with Gasteiger partial charge in [0.25, 0.3) is 0 Å². The largest absolute Gasteiger partial charge is 0.377 e. The lowest BCUT2D eigenvalue weighted by Crippen LogP contribution is -2.54. The van der Waals surface area contributed by atoms with Crippen molar-refractivity contribution in [3.63, 3.8) is 0 Å². The summed E-state index contributed by atoms with van der Waals surface area (Å²) >= 11 is 3.49. The quantitative estimate of drug-likeness (QED) is 0.852. The molecule has 0 aliphatic carbocycles. The molecule has 4 heteroatoms. The number of likely N-dealkylation sites (N-methyl/N-ethyl adjacent to an activating group) is 1. The minimum atomic E-state index is -0.0331. The lowest BCUT2D eigenvalue weighted by Gasteiger charge is -2.40. The van der Waals surface area contributed by atoms with Crippen molar-refractivity contribution < 1.29 is 4.74 Å². The van der Waals surface area contributed by atoms with E-state index in [1.807, 2.05) is 0 Å². The third kappa shape index (κ3) is 4.78. The van der Waals surface area contributed by atoms with Crippen molar-refractivity contribution in [2.24, 2.45) is 5.73 Å². The van der Waals surface area contributed by atoms with E-state index in [1.54, 1.807) is 0 Å². The Labute approximate surface area is 137 Å². The van der Waals surface area contributed by atoms with E-state index in [2.05, 4.69) is 59.1 Å². The van der Waals surface area contributed by atoms with Crippen LogP contribution in [0.5, 0.6) is 0 Å². The summed E-state index contributed by atoms with van der Waals surface area (Å²) in [6.45, 7) is 4.76. The Morgan fingerprint density at radius 2 is 2.05 bits per heavy atom. The second kappa shape index (κ2) is 7.73. The summed E-state index contributed by atoms with van der Waals surface area (Å²) < 4.78 is 6.98. The van der Waals surface area contributed by atoms with Gasteiger partial charge in [0.1, 0.15) is 0 Å². The Morgan fingerprint density at radius 3 is 2.62 bits per heavy atom. The molecule has 0 amide bonds. The monoisotopic (exact) mass is 354 g/mol. The van der Waals surface area contributed by atoms with Crippen LogP contribution in [0.3, 0.4) is 0 Å². The maximum absolute atomic E-state index is 6.10. The van der Waals surface area contributed by atoms with Crippen LogP contribution in [-0.4, -0.2) is 43.3 Å². The van der Waals surface area contributed by atoms with Crippen molar-refractivity contribution in [3.8, 4) is 0 Å². The number of nitrogens with two attached hydrogens (primary N) is 1. The summed E-state index contributed by atoms with van der Waals surface area (Å²) in [5, 5.41) is 0. The van der Waals surface area contributed by atoms with Crippen LogP contribution in [0.1, 0.15) is 31.7 Å². The number of hydrogen-bond acceptors (Lipinski definition) is 3. The molecule has 2 unspecified atom stereocenters. The summed E-state index contributed by atoms with van der Waals surface area (Å²) in [6, 6.07) is 8.53. The predicted molar refractivity (Wildman–Crippen MR) is 91.5 cm³/mol. The molecule has 1 aromatic rings. The molecule has 0 saturated carbocycles. The van der Waals surface area contributed by atoms with Gasteiger partial charge in [0.15, 0.2) is 0 Å². The van der Waals surface area contributed by atoms with Gasteiger partial charge in [0.05, 0.1) is 6.10 Å². The number of rotatable bonds is 6. The Balaban J connectivity index is 1.99. The third-order valence-electron chi connectivity index (χ3n) is 4.61. The molecule has 1 saturated heterocycles. The second-order valence-electron chi connectivity index (χ2n) is 6.37. The van der Waals surface area contributed by atoms with Crippen molar-refractivity contribution >= 4 is 15.9 Å². The van der Waals surface area contributed by atoms with Gasteiger partial charge in [-0.15, -0.1) is 0 Å². The van der Waals surface area contributed by atoms with Crippen molar-refractivity contribution in [1.82, 2.24) is 4.90 Å². The molecule has 2 N–H and O–H groups in total. The van der Waals surface area contributed by atoms with Crippen LogP contribution in [0.15, 0.2) is 28.7 Å². The molecule has 0 radical (unpaired) electrons. The summed E-state index contributed by atoms with van der Waals surface area (Å²) in [6.07, 6.45) is 4.97. The fourth-order valence-electron chi connectivity index (χ4n) is 2.88. The van der Waals surface area contributed by atoms with Gasteiger partial charge in [-0.3, -0.25) is 4.90 Å². The molecule has 0 aromatic heterocycles. The van der Waals surface area contributed by atoms with Crippen LogP contribution in [0.4, 0.5) is 0 Å². The zero-order chi connectivity index (χ0) is 15.3. The summed E-state index contributed by atoms with van der Waals surface area (Å²) in [5.74, 6) is 0. The van der Waals surface area contributed by atoms with Crippen molar-refractivity contribution in [2.75, 3.05) is 26.7 Å². The number of nitrogens with zero attached hydrogens (tertiary/aromatic N) is 1. The molecule has 1 fully saturated rings. The lowest BCUT2D eigenvalue weighted by molar-refractivity contribution is -0.0197. The first-order chi connectivity index (χ1) is 10.0. The van der Waals surface area contributed by atoms with Gasteiger partial charge in [-0.1, -0.05) is 28.1 Å². The highest BCUT2D eigenvalue weighted by Gasteiger charge is 2.30. The van der Waals surface area contributed by atoms with Gasteiger partial charge in [-0.2, -0.15) is 0 Å². The van der Waals surface area contributed by atoms with Crippen LogP contribution < -0.4 is 5.73 Å². The molecule has 1 aliphatic heterocycles. The highest BCUT2D eigenvalue weighted by Crippen LogP contribution is 2.23. The predicted octanol–water partition coefficient (Wildman–Crippen LogP) is 3.21. The Hall–Kier alpha value is -0.420. The van der Waals surface area contributed by atoms with Gasteiger partial charge in [-0.25, -0.2) is 0 Å². The third-order valence-corrected chi connectivity index (χ3v) is 5.14. The van der Waals surface area contributed by atoms with Crippen LogP contribution >= 0.6 is 15.9 Å². The minimum absolute atomic E-state index is 0.0331. The van der Waals surface area contributed by atoms with Gasteiger partial charge < -0.3 is 10.5 Å². The Bertz CT molecular complexity index is 431. The smallest absolute Gasteiger partial charge is 0.0702 e. The van der Waals surface area contributed by atoms with E-state index in [0.717, 1.165) is 24.0 Å². The molecular weight excluding hydrogens is 328 g/mol. The van der Waals surface area contributed by atoms with E-state index in [0.29, 0.717) is 12.6 Å². The first kappa shape index (κ1) is 16.9. The molecule has 1 heterocycles. The van der Waals surface area contributed by atoms with Crippen molar-refractivity contribution in [2.45, 2.75) is 44.2 Å². The number of halogens is 1. The standard InChI is InChI=1S/C17H27BrN2O/c1-17(13-19,11-14-6-8-15(18)9-7-14)20(2)12-16-5-3-4-10-21-16/h6-9,16H,3-5,10-13,19H2,1-2H3. The van der Waals surface area contributed by atoms with E-state index >= 15 is 0 Å². The second-order valence-corrected chi connectivity index (χ2v) is 7.29. The fourth-order valence-corrected chi connectivity index (χ4v) is 3.15. The van der Waals surface area contributed by atoms with Crippen LogP contribution in [-0.2, 0) is 11.2 Å². The van der Waals surface area contributed by atoms with Crippen molar-refractivity contribution in [1.29, 1.82) is 0 Å². The number of benzene rings is 1. The average molecular weight is 355 g/mol. The van der Waals surface area contributed by atoms with E-state index in [4.69, 9.17) is 10.5 Å². The highest BCUT2D eigenvalue weighted by molar-refractivity contribution is 9.10. The van der Waals surface area contributed by atoms with Gasteiger partial charge in [-0.05, 0) is 57.4 Å². The van der Waals surface area contributed by atoms with Crippen molar-refractivity contribution in [3.05, 3.63) is 34.3 Å². The summed E-state index contributed by atoms with van der Waals surface area (Å²) in [4.78, 5) is 2.38. The zero-order valence-corrected chi connectivity index (χ0v) is 14.7. The summed E-state index contributed by atoms with van der Waals surface area (Å²) in [7, 11) is 2.17. The molecule has 1 aromatic carbocycles. The first-order valence-corrected chi connectivity index (χ1v) is 8.60. The fraction of sp³-hybridized carbons (Fsp3) is 0.647. The van der Waals surface area contributed by atoms with Crippen LogP contribution in [0.25, 0.3) is 0 Å². The lowest BCUT2D eigenvalue weighted by atomic mass is 9.90. The number of ether oxygens (including phenoxy) is 1. The normalized spacial score (nSPS) is 22.2. The van der Waals surface area contributed by atoms with Crippen LogP contribution in [0.2, 0.25) is 0 Å². The molecule has 2 rings (SSSR count). The number of hydrogen-bond donors (Lipinski definition) is 1. The van der Waals surface area contributed by atoms with E-state index < -0.39 is 0 Å². The highest BCUT2D eigenvalue weighted by atomic mass is 79.9. The summed E-state index contributed by atoms with van der Waals surface area (Å²) in [5.41, 5.74) is 7.39. The maximum atomic E-state index is 6.10. The maximum Gasteiger partial charge on any atom is 0.0702 e. The van der Waals surface area contributed by atoms with Gasteiger partial charge >= 0.3 is 0 Å². The zero-order valence-electron chi connectivity index (χ0n) is 13.1. The first-order valence-electron chi connectivity index (χ1n) is 7.81. The van der Waals surface area contributed by atoms with Crippen LogP contribution in [0, 0.1) is 0 Å². The molecule has 0 spiro atoms.